The monoisotopic (exact) mass is 270 g/mol. The molecule has 1 atom stereocenters. The molecule has 6 nitrogen and oxygen atoms in total. The van der Waals surface area contributed by atoms with Gasteiger partial charge in [0.1, 0.15) is 17.4 Å². The van der Waals surface area contributed by atoms with E-state index in [0.29, 0.717) is 25.9 Å². The van der Waals surface area contributed by atoms with Gasteiger partial charge in [-0.2, -0.15) is 0 Å². The number of amides is 1. The van der Waals surface area contributed by atoms with Crippen LogP contribution in [0.4, 0.5) is 0 Å². The number of ether oxygens (including phenoxy) is 1. The Morgan fingerprint density at radius 2 is 1.84 bits per heavy atom. The first kappa shape index (κ1) is 15.6. The Morgan fingerprint density at radius 3 is 2.32 bits per heavy atom. The Labute approximate surface area is 113 Å². The minimum atomic E-state index is -0.954. The van der Waals surface area contributed by atoms with Gasteiger partial charge in [0, 0.05) is 25.9 Å². The van der Waals surface area contributed by atoms with Crippen molar-refractivity contribution in [1.82, 2.24) is 4.90 Å². The van der Waals surface area contributed by atoms with Gasteiger partial charge in [0.15, 0.2) is 0 Å². The van der Waals surface area contributed by atoms with Crippen LogP contribution in [0.3, 0.4) is 0 Å². The van der Waals surface area contributed by atoms with Crippen molar-refractivity contribution < 1.29 is 19.1 Å². The molecule has 1 amide bonds. The number of rotatable bonds is 3. The van der Waals surface area contributed by atoms with Crippen LogP contribution in [0.5, 0.6) is 0 Å². The standard InChI is InChI=1S/C13H22N2O4/c1-13(2,3)19-12(18)10(14)8-11(17)15-6-4-9(16)5-7-15/h10H,4-8,14H2,1-3H3. The third-order valence-corrected chi connectivity index (χ3v) is 2.78. The first-order valence-electron chi connectivity index (χ1n) is 6.47. The predicted octanol–water partition coefficient (Wildman–Crippen LogP) is 0.237. The quantitative estimate of drug-likeness (QED) is 0.742. The predicted molar refractivity (Wildman–Crippen MR) is 69.3 cm³/mol. The first-order chi connectivity index (χ1) is 8.69. The highest BCUT2D eigenvalue weighted by molar-refractivity contribution is 5.87. The summed E-state index contributed by atoms with van der Waals surface area (Å²) in [6.07, 6.45) is 0.684. The van der Waals surface area contributed by atoms with Crippen molar-refractivity contribution in [2.24, 2.45) is 5.73 Å². The zero-order valence-electron chi connectivity index (χ0n) is 11.8. The van der Waals surface area contributed by atoms with Crippen LogP contribution >= 0.6 is 0 Å². The smallest absolute Gasteiger partial charge is 0.323 e. The molecular weight excluding hydrogens is 248 g/mol. The fourth-order valence-corrected chi connectivity index (χ4v) is 1.78. The van der Waals surface area contributed by atoms with E-state index in [2.05, 4.69) is 0 Å². The fourth-order valence-electron chi connectivity index (χ4n) is 1.78. The Kier molecular flexibility index (Phi) is 5.05. The second-order valence-corrected chi connectivity index (χ2v) is 5.76. The molecule has 6 heteroatoms. The first-order valence-corrected chi connectivity index (χ1v) is 6.47. The number of nitrogens with two attached hydrogens (primary N) is 1. The fraction of sp³-hybridized carbons (Fsp3) is 0.769. The van der Waals surface area contributed by atoms with Crippen LogP contribution in [0, 0.1) is 0 Å². The maximum Gasteiger partial charge on any atom is 0.323 e. The minimum Gasteiger partial charge on any atom is -0.459 e. The number of likely N-dealkylation sites (tertiary alicyclic amines) is 1. The van der Waals surface area contributed by atoms with E-state index in [0.717, 1.165) is 0 Å². The van der Waals surface area contributed by atoms with Gasteiger partial charge in [-0.15, -0.1) is 0 Å². The van der Waals surface area contributed by atoms with E-state index in [4.69, 9.17) is 10.5 Å². The van der Waals surface area contributed by atoms with Crippen molar-refractivity contribution in [3.63, 3.8) is 0 Å². The third-order valence-electron chi connectivity index (χ3n) is 2.78. The largest absolute Gasteiger partial charge is 0.459 e. The van der Waals surface area contributed by atoms with Crippen LogP contribution in [0.2, 0.25) is 0 Å². The Balaban J connectivity index is 2.43. The SMILES string of the molecule is CC(C)(C)OC(=O)C(N)CC(=O)N1CCC(=O)CC1. The average Bonchev–Trinajstić information content (AvgIpc) is 2.27. The highest BCUT2D eigenvalue weighted by Gasteiger charge is 2.27. The van der Waals surface area contributed by atoms with Gasteiger partial charge < -0.3 is 15.4 Å². The highest BCUT2D eigenvalue weighted by atomic mass is 16.6. The Bertz CT molecular complexity index is 363. The number of hydrogen-bond donors (Lipinski definition) is 1. The molecule has 1 fully saturated rings. The summed E-state index contributed by atoms with van der Waals surface area (Å²) in [7, 11) is 0. The molecule has 0 aromatic heterocycles. The van der Waals surface area contributed by atoms with Crippen molar-refractivity contribution in [3.8, 4) is 0 Å². The molecule has 108 valence electrons. The lowest BCUT2D eigenvalue weighted by atomic mass is 10.1. The van der Waals surface area contributed by atoms with Crippen LogP contribution in [-0.2, 0) is 19.1 Å². The Morgan fingerprint density at radius 1 is 1.32 bits per heavy atom. The molecule has 1 rings (SSSR count). The second kappa shape index (κ2) is 6.14. The van der Waals surface area contributed by atoms with Gasteiger partial charge in [-0.1, -0.05) is 0 Å². The lowest BCUT2D eigenvalue weighted by Gasteiger charge is -2.27. The maximum atomic E-state index is 11.9. The summed E-state index contributed by atoms with van der Waals surface area (Å²) in [5.41, 5.74) is 5.05. The molecule has 0 spiro atoms. The van der Waals surface area contributed by atoms with E-state index in [9.17, 15) is 14.4 Å². The number of Topliss-reactive ketones (excluding diaryl/α,β-unsaturated/α-hetero) is 1. The molecule has 0 bridgehead atoms. The third kappa shape index (κ3) is 5.38. The van der Waals surface area contributed by atoms with Crippen LogP contribution in [-0.4, -0.2) is 47.3 Å². The molecule has 19 heavy (non-hydrogen) atoms. The number of carbonyl (C=O) groups excluding carboxylic acids is 3. The molecule has 0 aromatic carbocycles. The summed E-state index contributed by atoms with van der Waals surface area (Å²) in [6, 6.07) is -0.954. The van der Waals surface area contributed by atoms with E-state index >= 15 is 0 Å². The summed E-state index contributed by atoms with van der Waals surface area (Å²) in [5.74, 6) is -0.611. The van der Waals surface area contributed by atoms with Crippen LogP contribution in [0.1, 0.15) is 40.0 Å². The molecule has 1 aliphatic heterocycles. The molecule has 2 N–H and O–H groups in total. The molecule has 0 radical (unpaired) electrons. The van der Waals surface area contributed by atoms with Gasteiger partial charge in [0.25, 0.3) is 0 Å². The number of nitrogens with zero attached hydrogens (tertiary/aromatic N) is 1. The van der Waals surface area contributed by atoms with E-state index < -0.39 is 17.6 Å². The van der Waals surface area contributed by atoms with Gasteiger partial charge in [0.05, 0.1) is 6.42 Å². The molecule has 1 unspecified atom stereocenters. The van der Waals surface area contributed by atoms with Crippen molar-refractivity contribution in [2.75, 3.05) is 13.1 Å². The second-order valence-electron chi connectivity index (χ2n) is 5.76. The van der Waals surface area contributed by atoms with Gasteiger partial charge in [-0.05, 0) is 20.8 Å². The van der Waals surface area contributed by atoms with Crippen molar-refractivity contribution in [2.45, 2.75) is 51.7 Å². The zero-order chi connectivity index (χ0) is 14.6. The maximum absolute atomic E-state index is 11.9. The number of ketones is 1. The van der Waals surface area contributed by atoms with Gasteiger partial charge in [-0.25, -0.2) is 0 Å². The molecular formula is C13H22N2O4. The number of carbonyl (C=O) groups is 3. The highest BCUT2D eigenvalue weighted by Crippen LogP contribution is 2.11. The molecule has 0 aliphatic carbocycles. The molecule has 1 saturated heterocycles. The van der Waals surface area contributed by atoms with Crippen molar-refractivity contribution in [3.05, 3.63) is 0 Å². The number of hydrogen-bond acceptors (Lipinski definition) is 5. The van der Waals surface area contributed by atoms with E-state index in [1.54, 1.807) is 25.7 Å². The molecule has 0 saturated carbocycles. The Hall–Kier alpha value is -1.43. The molecule has 0 aromatic rings. The molecule has 1 heterocycles. The van der Waals surface area contributed by atoms with Crippen molar-refractivity contribution >= 4 is 17.7 Å². The van der Waals surface area contributed by atoms with Gasteiger partial charge in [-0.3, -0.25) is 14.4 Å². The number of esters is 1. The summed E-state index contributed by atoms with van der Waals surface area (Å²) in [4.78, 5) is 36.2. The average molecular weight is 270 g/mol. The van der Waals surface area contributed by atoms with Crippen molar-refractivity contribution in [1.29, 1.82) is 0 Å². The normalized spacial score (nSPS) is 18.1. The van der Waals surface area contributed by atoms with Crippen LogP contribution in [0.25, 0.3) is 0 Å². The van der Waals surface area contributed by atoms with E-state index in [1.165, 1.54) is 0 Å². The topological polar surface area (TPSA) is 89.7 Å². The summed E-state index contributed by atoms with van der Waals surface area (Å²) in [6.45, 7) is 6.07. The summed E-state index contributed by atoms with van der Waals surface area (Å²) in [5, 5.41) is 0. The number of piperidine rings is 1. The van der Waals surface area contributed by atoms with Gasteiger partial charge in [0.2, 0.25) is 5.91 Å². The van der Waals surface area contributed by atoms with Crippen LogP contribution in [0.15, 0.2) is 0 Å². The molecule has 1 aliphatic rings. The van der Waals surface area contributed by atoms with Gasteiger partial charge >= 0.3 is 5.97 Å². The minimum absolute atomic E-state index is 0.0803. The van der Waals surface area contributed by atoms with E-state index in [1.807, 2.05) is 0 Å². The zero-order valence-corrected chi connectivity index (χ0v) is 11.8. The lowest BCUT2D eigenvalue weighted by Crippen LogP contribution is -2.44. The summed E-state index contributed by atoms with van der Waals surface area (Å²) < 4.78 is 5.12. The van der Waals surface area contributed by atoms with Crippen LogP contribution < -0.4 is 5.73 Å². The van der Waals surface area contributed by atoms with E-state index in [-0.39, 0.29) is 18.1 Å². The lowest BCUT2D eigenvalue weighted by molar-refractivity contribution is -0.158. The summed E-state index contributed by atoms with van der Waals surface area (Å²) >= 11 is 0.